The number of hydrogen-bond donors (Lipinski definition) is 2. The Morgan fingerprint density at radius 3 is 2.74 bits per heavy atom. The van der Waals surface area contributed by atoms with Crippen molar-refractivity contribution in [2.24, 2.45) is 5.73 Å². The summed E-state index contributed by atoms with van der Waals surface area (Å²) in [5.41, 5.74) is 13.4. The molecule has 1 fully saturated rings. The molecular weight excluding hydrogens is 510 g/mol. The highest BCUT2D eigenvalue weighted by molar-refractivity contribution is 6.30. The topological polar surface area (TPSA) is 94.4 Å². The van der Waals surface area contributed by atoms with Gasteiger partial charge in [-0.05, 0) is 50.1 Å². The zero-order chi connectivity index (χ0) is 27.3. The Morgan fingerprint density at radius 1 is 1.10 bits per heavy atom. The number of aryl methyl sites for hydroxylation is 2. The third-order valence-electron chi connectivity index (χ3n) is 8.12. The molecule has 9 heteroatoms. The summed E-state index contributed by atoms with van der Waals surface area (Å²) in [4.78, 5) is 32.4. The number of fused-ring (bicyclic) bond motifs is 2. The average molecular weight is 544 g/mol. The van der Waals surface area contributed by atoms with Gasteiger partial charge in [-0.3, -0.25) is 9.69 Å². The Balaban J connectivity index is 1.44. The zero-order valence-corrected chi connectivity index (χ0v) is 23.4. The predicted octanol–water partition coefficient (Wildman–Crippen LogP) is 4.45. The summed E-state index contributed by atoms with van der Waals surface area (Å²) >= 11 is 6.39. The van der Waals surface area contributed by atoms with Crippen LogP contribution in [-0.4, -0.2) is 64.5 Å². The maximum absolute atomic E-state index is 11.6. The third-order valence-corrected chi connectivity index (χ3v) is 8.35. The number of piperazine rings is 1. The SMILES string of the molecule is Cc1ccc(Cl)cc1N1CCc2nc(-c3cccc4[nH]cc(C)c34)nc(N3CCN(CC(N)=O)C(C)C3)c2C1. The fraction of sp³-hybridized carbons (Fsp3) is 0.367. The van der Waals surface area contributed by atoms with E-state index in [1.807, 2.05) is 12.3 Å². The summed E-state index contributed by atoms with van der Waals surface area (Å²) in [6, 6.07) is 12.5. The number of aromatic amines is 1. The van der Waals surface area contributed by atoms with E-state index in [2.05, 4.69) is 70.8 Å². The first-order chi connectivity index (χ1) is 18.8. The fourth-order valence-corrected chi connectivity index (χ4v) is 6.24. The van der Waals surface area contributed by atoms with Crippen molar-refractivity contribution in [3.63, 3.8) is 0 Å². The van der Waals surface area contributed by atoms with Crippen molar-refractivity contribution in [1.82, 2.24) is 19.9 Å². The molecule has 2 aromatic heterocycles. The van der Waals surface area contributed by atoms with Crippen molar-refractivity contribution in [2.45, 2.75) is 39.8 Å². The smallest absolute Gasteiger partial charge is 0.231 e. The number of H-pyrrole nitrogens is 1. The lowest BCUT2D eigenvalue weighted by molar-refractivity contribution is -0.119. The number of aromatic nitrogens is 3. The molecule has 3 N–H and O–H groups in total. The molecule has 2 aliphatic rings. The van der Waals surface area contributed by atoms with Gasteiger partial charge in [0, 0.05) is 84.1 Å². The normalized spacial score (nSPS) is 18.0. The predicted molar refractivity (Wildman–Crippen MR) is 157 cm³/mol. The molecule has 1 amide bonds. The van der Waals surface area contributed by atoms with E-state index in [9.17, 15) is 4.79 Å². The quantitative estimate of drug-likeness (QED) is 0.386. The first-order valence-electron chi connectivity index (χ1n) is 13.5. The molecular formula is C30H34ClN7O. The second-order valence-corrected chi connectivity index (χ2v) is 11.3. The second-order valence-electron chi connectivity index (χ2n) is 10.8. The average Bonchev–Trinajstić information content (AvgIpc) is 3.31. The van der Waals surface area contributed by atoms with Crippen molar-refractivity contribution < 1.29 is 4.79 Å². The number of hydrogen-bond acceptors (Lipinski definition) is 6. The molecule has 39 heavy (non-hydrogen) atoms. The van der Waals surface area contributed by atoms with Crippen LogP contribution in [0.1, 0.15) is 29.3 Å². The standard InChI is InChI=1S/C30H34ClN7O/c1-18-7-8-21(31)13-26(18)37-10-9-24-23(16-37)30(38-12-11-36(17-27(32)39)20(3)15-38)35-29(34-24)22-5-4-6-25-28(22)19(2)14-33-25/h4-8,13-14,20,33H,9-12,15-17H2,1-3H3,(H2,32,39). The maximum atomic E-state index is 11.6. The molecule has 1 unspecified atom stereocenters. The van der Waals surface area contributed by atoms with Crippen LogP contribution in [0.15, 0.2) is 42.6 Å². The number of amides is 1. The van der Waals surface area contributed by atoms with Crippen LogP contribution >= 0.6 is 11.6 Å². The molecule has 1 saturated heterocycles. The monoisotopic (exact) mass is 543 g/mol. The van der Waals surface area contributed by atoms with Gasteiger partial charge in [0.1, 0.15) is 5.82 Å². The summed E-state index contributed by atoms with van der Waals surface area (Å²) in [7, 11) is 0. The number of nitrogens with two attached hydrogens (primary N) is 1. The van der Waals surface area contributed by atoms with E-state index in [-0.39, 0.29) is 18.5 Å². The van der Waals surface area contributed by atoms with Gasteiger partial charge in [-0.15, -0.1) is 0 Å². The fourth-order valence-electron chi connectivity index (χ4n) is 6.07. The highest BCUT2D eigenvalue weighted by Gasteiger charge is 2.31. The molecule has 0 radical (unpaired) electrons. The minimum Gasteiger partial charge on any atom is -0.369 e. The van der Waals surface area contributed by atoms with Crippen LogP contribution in [0.2, 0.25) is 5.02 Å². The molecule has 0 spiro atoms. The molecule has 2 aliphatic heterocycles. The van der Waals surface area contributed by atoms with E-state index < -0.39 is 0 Å². The van der Waals surface area contributed by atoms with E-state index in [4.69, 9.17) is 27.3 Å². The van der Waals surface area contributed by atoms with Crippen LogP contribution in [-0.2, 0) is 17.8 Å². The van der Waals surface area contributed by atoms with Crippen molar-refractivity contribution in [1.29, 1.82) is 0 Å². The van der Waals surface area contributed by atoms with Crippen molar-refractivity contribution in [2.75, 3.05) is 42.5 Å². The number of benzene rings is 2. The van der Waals surface area contributed by atoms with Gasteiger partial charge in [-0.2, -0.15) is 0 Å². The van der Waals surface area contributed by atoms with Crippen LogP contribution in [0.3, 0.4) is 0 Å². The Kier molecular flexibility index (Phi) is 6.69. The number of primary amides is 1. The minimum atomic E-state index is -0.292. The Hall–Kier alpha value is -3.62. The molecule has 4 aromatic rings. The number of anilines is 2. The Labute approximate surface area is 233 Å². The molecule has 0 bridgehead atoms. The highest BCUT2D eigenvalue weighted by Crippen LogP contribution is 2.36. The lowest BCUT2D eigenvalue weighted by Crippen LogP contribution is -2.54. The van der Waals surface area contributed by atoms with Crippen molar-refractivity contribution >= 4 is 39.9 Å². The van der Waals surface area contributed by atoms with Crippen LogP contribution in [0.5, 0.6) is 0 Å². The molecule has 0 aliphatic carbocycles. The summed E-state index contributed by atoms with van der Waals surface area (Å²) in [6.07, 6.45) is 2.86. The lowest BCUT2D eigenvalue weighted by atomic mass is 10.0. The van der Waals surface area contributed by atoms with Crippen LogP contribution < -0.4 is 15.5 Å². The molecule has 1 atom stereocenters. The highest BCUT2D eigenvalue weighted by atomic mass is 35.5. The minimum absolute atomic E-state index is 0.172. The summed E-state index contributed by atoms with van der Waals surface area (Å²) in [5.74, 6) is 1.45. The molecule has 202 valence electrons. The summed E-state index contributed by atoms with van der Waals surface area (Å²) < 4.78 is 0. The summed E-state index contributed by atoms with van der Waals surface area (Å²) in [6.45, 7) is 10.5. The van der Waals surface area contributed by atoms with Gasteiger partial charge in [-0.1, -0.05) is 29.8 Å². The molecule has 0 saturated carbocycles. The van der Waals surface area contributed by atoms with Gasteiger partial charge in [0.25, 0.3) is 0 Å². The van der Waals surface area contributed by atoms with Gasteiger partial charge < -0.3 is 20.5 Å². The second kappa shape index (κ2) is 10.2. The zero-order valence-electron chi connectivity index (χ0n) is 22.7. The first kappa shape index (κ1) is 25.6. The number of rotatable bonds is 5. The van der Waals surface area contributed by atoms with E-state index in [0.717, 1.165) is 89.2 Å². The van der Waals surface area contributed by atoms with Crippen LogP contribution in [0.4, 0.5) is 11.5 Å². The van der Waals surface area contributed by atoms with Crippen molar-refractivity contribution in [3.05, 3.63) is 70.0 Å². The van der Waals surface area contributed by atoms with Crippen molar-refractivity contribution in [3.8, 4) is 11.4 Å². The number of nitrogens with zero attached hydrogens (tertiary/aromatic N) is 5. The van der Waals surface area contributed by atoms with E-state index in [1.165, 1.54) is 11.1 Å². The van der Waals surface area contributed by atoms with Gasteiger partial charge in [0.2, 0.25) is 5.91 Å². The first-order valence-corrected chi connectivity index (χ1v) is 13.9. The Morgan fingerprint density at radius 2 is 1.95 bits per heavy atom. The number of halogens is 1. The third kappa shape index (κ3) is 4.83. The van der Waals surface area contributed by atoms with E-state index >= 15 is 0 Å². The number of carbonyl (C=O) groups is 1. The van der Waals surface area contributed by atoms with Gasteiger partial charge in [0.05, 0.1) is 12.2 Å². The molecule has 6 rings (SSSR count). The van der Waals surface area contributed by atoms with Crippen LogP contribution in [0, 0.1) is 13.8 Å². The van der Waals surface area contributed by atoms with Gasteiger partial charge >= 0.3 is 0 Å². The Bertz CT molecular complexity index is 1560. The lowest BCUT2D eigenvalue weighted by Gasteiger charge is -2.41. The van der Waals surface area contributed by atoms with E-state index in [1.54, 1.807) is 0 Å². The molecule has 8 nitrogen and oxygen atoms in total. The molecule has 2 aromatic carbocycles. The summed E-state index contributed by atoms with van der Waals surface area (Å²) in [5, 5.41) is 1.90. The maximum Gasteiger partial charge on any atom is 0.231 e. The largest absolute Gasteiger partial charge is 0.369 e. The molecule has 4 heterocycles. The number of carbonyl (C=O) groups excluding carboxylic acids is 1. The van der Waals surface area contributed by atoms with E-state index in [0.29, 0.717) is 0 Å². The van der Waals surface area contributed by atoms with Crippen LogP contribution in [0.25, 0.3) is 22.3 Å². The number of nitrogens with one attached hydrogen (secondary N) is 1. The van der Waals surface area contributed by atoms with Gasteiger partial charge in [-0.25, -0.2) is 9.97 Å². The van der Waals surface area contributed by atoms with Gasteiger partial charge in [0.15, 0.2) is 5.82 Å².